The molecule has 7 nitrogen and oxygen atoms in total. The van der Waals surface area contributed by atoms with Gasteiger partial charge in [-0.25, -0.2) is 5.43 Å². The fraction of sp³-hybridized carbons (Fsp3) is 0.212. The smallest absolute Gasteiger partial charge is 0.275 e. The number of amides is 1. The van der Waals surface area contributed by atoms with Crippen LogP contribution in [0.15, 0.2) is 90.0 Å². The van der Waals surface area contributed by atoms with E-state index in [9.17, 15) is 9.90 Å². The lowest BCUT2D eigenvalue weighted by Crippen LogP contribution is -2.29. The van der Waals surface area contributed by atoms with Gasteiger partial charge in [0, 0.05) is 17.2 Å². The number of ether oxygens (including phenoxy) is 2. The summed E-state index contributed by atoms with van der Waals surface area (Å²) in [6.45, 7) is 1.87. The first-order chi connectivity index (χ1) is 19.5. The van der Waals surface area contributed by atoms with Crippen molar-refractivity contribution in [3.8, 4) is 17.2 Å². The lowest BCUT2D eigenvalue weighted by Gasteiger charge is -2.38. The number of aromatic hydroxyl groups is 1. The Labute approximate surface area is 233 Å². The van der Waals surface area contributed by atoms with Crippen LogP contribution in [0.25, 0.3) is 10.8 Å². The maximum absolute atomic E-state index is 12.9. The number of para-hydroxylation sites is 1. The average Bonchev–Trinajstić information content (AvgIpc) is 3.48. The minimum absolute atomic E-state index is 0.0621. The molecule has 0 spiro atoms. The molecule has 3 atom stereocenters. The number of fused-ring (bicyclic) bond motifs is 4. The summed E-state index contributed by atoms with van der Waals surface area (Å²) in [6, 6.07) is 23.2. The number of nitrogens with one attached hydrogen (secondary N) is 2. The van der Waals surface area contributed by atoms with Gasteiger partial charge in [0.2, 0.25) is 0 Å². The number of hydrogen-bond donors (Lipinski definition) is 3. The molecule has 1 aliphatic carbocycles. The van der Waals surface area contributed by atoms with Crippen LogP contribution in [0.1, 0.15) is 52.4 Å². The van der Waals surface area contributed by atoms with Gasteiger partial charge in [-0.1, -0.05) is 54.6 Å². The van der Waals surface area contributed by atoms with Crippen LogP contribution >= 0.6 is 0 Å². The Balaban J connectivity index is 1.26. The molecule has 202 valence electrons. The van der Waals surface area contributed by atoms with Gasteiger partial charge in [0.05, 0.1) is 31.5 Å². The number of allylic oxidation sites excluding steroid dienone is 2. The van der Waals surface area contributed by atoms with Crippen molar-refractivity contribution < 1.29 is 19.4 Å². The van der Waals surface area contributed by atoms with Crippen molar-refractivity contribution in [3.05, 3.63) is 107 Å². The lowest BCUT2D eigenvalue weighted by molar-refractivity contribution is 0.0952. The summed E-state index contributed by atoms with van der Waals surface area (Å²) < 4.78 is 11.3. The summed E-state index contributed by atoms with van der Waals surface area (Å²) >= 11 is 0. The third-order valence-corrected chi connectivity index (χ3v) is 7.98. The second kappa shape index (κ2) is 10.4. The zero-order chi connectivity index (χ0) is 27.8. The summed E-state index contributed by atoms with van der Waals surface area (Å²) in [5, 5.41) is 20.3. The van der Waals surface area contributed by atoms with Crippen LogP contribution in [0.5, 0.6) is 17.2 Å². The van der Waals surface area contributed by atoms with E-state index in [1.54, 1.807) is 26.4 Å². The predicted octanol–water partition coefficient (Wildman–Crippen LogP) is 6.54. The van der Waals surface area contributed by atoms with Crippen molar-refractivity contribution in [1.29, 1.82) is 0 Å². The molecular formula is C33H31N3O4. The van der Waals surface area contributed by atoms with Gasteiger partial charge >= 0.3 is 0 Å². The summed E-state index contributed by atoms with van der Waals surface area (Å²) in [7, 11) is 3.33. The van der Waals surface area contributed by atoms with Crippen molar-refractivity contribution in [2.24, 2.45) is 11.0 Å². The Morgan fingerprint density at radius 2 is 1.77 bits per heavy atom. The predicted molar refractivity (Wildman–Crippen MR) is 158 cm³/mol. The van der Waals surface area contributed by atoms with Gasteiger partial charge in [0.1, 0.15) is 5.75 Å². The number of anilines is 1. The van der Waals surface area contributed by atoms with E-state index >= 15 is 0 Å². The number of phenols is 1. The molecule has 4 aromatic rings. The monoisotopic (exact) mass is 533 g/mol. The number of carbonyl (C=O) groups excluding carboxylic acids is 1. The van der Waals surface area contributed by atoms with Crippen molar-refractivity contribution in [2.75, 3.05) is 19.5 Å². The number of phenolic OH excluding ortho intramolecular Hbond substituents is 1. The van der Waals surface area contributed by atoms with Gasteiger partial charge < -0.3 is 19.9 Å². The highest BCUT2D eigenvalue weighted by molar-refractivity contribution is 6.04. The van der Waals surface area contributed by atoms with E-state index in [0.717, 1.165) is 45.5 Å². The second-order valence-electron chi connectivity index (χ2n) is 10.2. The molecule has 0 radical (unpaired) electrons. The minimum atomic E-state index is -0.462. The summed E-state index contributed by atoms with van der Waals surface area (Å²) in [5.74, 6) is 1.48. The summed E-state index contributed by atoms with van der Waals surface area (Å²) in [6.07, 6.45) is 5.48. The molecule has 0 bridgehead atoms. The van der Waals surface area contributed by atoms with Crippen molar-refractivity contribution in [3.63, 3.8) is 0 Å². The second-order valence-corrected chi connectivity index (χ2v) is 10.2. The standard InChI is InChI=1S/C33H31N3O4/c1-19(35-36-33(38)27-17-21-8-4-5-9-22(21)18-29(27)37)20-14-15-28-26(16-20)23-10-6-11-24(23)31(34-28)25-12-7-13-30(39-2)32(25)40-3/h4-10,12-18,23-24,31,34,37H,11H2,1-3H3,(H,36,38)/b35-19-/t23-,24+,31-/m1/s1. The minimum Gasteiger partial charge on any atom is -0.507 e. The van der Waals surface area contributed by atoms with E-state index < -0.39 is 5.91 Å². The molecule has 0 saturated heterocycles. The molecule has 0 saturated carbocycles. The number of hydrogen-bond acceptors (Lipinski definition) is 6. The van der Waals surface area contributed by atoms with Crippen LogP contribution in [-0.2, 0) is 0 Å². The van der Waals surface area contributed by atoms with Crippen LogP contribution in [0.2, 0.25) is 0 Å². The van der Waals surface area contributed by atoms with E-state index in [0.29, 0.717) is 11.6 Å². The number of carbonyl (C=O) groups is 1. The molecule has 2 aliphatic rings. The van der Waals surface area contributed by atoms with Crippen LogP contribution < -0.4 is 20.2 Å². The average molecular weight is 534 g/mol. The largest absolute Gasteiger partial charge is 0.507 e. The van der Waals surface area contributed by atoms with Gasteiger partial charge in [-0.3, -0.25) is 4.79 Å². The highest BCUT2D eigenvalue weighted by Crippen LogP contribution is 2.52. The van der Waals surface area contributed by atoms with Gasteiger partial charge in [0.15, 0.2) is 11.5 Å². The third-order valence-electron chi connectivity index (χ3n) is 7.98. The number of nitrogens with zero attached hydrogens (tertiary/aromatic N) is 1. The van der Waals surface area contributed by atoms with Crippen molar-refractivity contribution >= 4 is 28.1 Å². The van der Waals surface area contributed by atoms with E-state index in [1.165, 1.54) is 5.56 Å². The molecular weight excluding hydrogens is 502 g/mol. The number of rotatable bonds is 6. The molecule has 4 aromatic carbocycles. The van der Waals surface area contributed by atoms with Crippen molar-refractivity contribution in [2.45, 2.75) is 25.3 Å². The van der Waals surface area contributed by atoms with Crippen LogP contribution in [0.4, 0.5) is 5.69 Å². The van der Waals surface area contributed by atoms with Gasteiger partial charge in [-0.15, -0.1) is 0 Å². The topological polar surface area (TPSA) is 92.2 Å². The highest BCUT2D eigenvalue weighted by Gasteiger charge is 2.39. The molecule has 0 unspecified atom stereocenters. The molecule has 0 fully saturated rings. The molecule has 1 heterocycles. The Kier molecular flexibility index (Phi) is 6.64. The molecule has 1 aliphatic heterocycles. The van der Waals surface area contributed by atoms with Crippen LogP contribution in [0.3, 0.4) is 0 Å². The fourth-order valence-corrected chi connectivity index (χ4v) is 5.95. The lowest BCUT2D eigenvalue weighted by atomic mass is 9.76. The van der Waals surface area contributed by atoms with E-state index in [4.69, 9.17) is 9.47 Å². The van der Waals surface area contributed by atoms with Gasteiger partial charge in [-0.05, 0) is 71.5 Å². The zero-order valence-electron chi connectivity index (χ0n) is 22.6. The number of methoxy groups -OCH3 is 2. The molecule has 7 heteroatoms. The van der Waals surface area contributed by atoms with Crippen LogP contribution in [0, 0.1) is 5.92 Å². The molecule has 6 rings (SSSR count). The quantitative estimate of drug-likeness (QED) is 0.149. The maximum atomic E-state index is 12.9. The molecule has 1 amide bonds. The first-order valence-electron chi connectivity index (χ1n) is 13.3. The van der Waals surface area contributed by atoms with E-state index in [2.05, 4.69) is 46.2 Å². The van der Waals surface area contributed by atoms with Gasteiger partial charge in [-0.2, -0.15) is 5.10 Å². The maximum Gasteiger partial charge on any atom is 0.275 e. The molecule has 0 aromatic heterocycles. The highest BCUT2D eigenvalue weighted by atomic mass is 16.5. The van der Waals surface area contributed by atoms with E-state index in [1.807, 2.05) is 49.4 Å². The van der Waals surface area contributed by atoms with E-state index in [-0.39, 0.29) is 23.3 Å². The zero-order valence-corrected chi connectivity index (χ0v) is 22.6. The summed E-state index contributed by atoms with van der Waals surface area (Å²) in [4.78, 5) is 12.9. The Morgan fingerprint density at radius 1 is 0.975 bits per heavy atom. The molecule has 40 heavy (non-hydrogen) atoms. The van der Waals surface area contributed by atoms with Crippen LogP contribution in [-0.4, -0.2) is 30.9 Å². The number of hydrazone groups is 1. The van der Waals surface area contributed by atoms with Gasteiger partial charge in [0.25, 0.3) is 5.91 Å². The molecule has 3 N–H and O–H groups in total. The Morgan fingerprint density at radius 3 is 2.55 bits per heavy atom. The number of benzene rings is 4. The summed E-state index contributed by atoms with van der Waals surface area (Å²) in [5.41, 5.74) is 7.72. The fourth-order valence-electron chi connectivity index (χ4n) is 5.95. The first-order valence-corrected chi connectivity index (χ1v) is 13.3. The third kappa shape index (κ3) is 4.43. The Bertz CT molecular complexity index is 1680. The van der Waals surface area contributed by atoms with Crippen molar-refractivity contribution in [1.82, 2.24) is 5.43 Å². The normalized spacial score (nSPS) is 19.5. The SMILES string of the molecule is COc1cccc([C@@H]2Nc3ccc(/C(C)=N\NC(=O)c4cc5ccccc5cc4O)cc3[C@@H]3C=CC[C@@H]32)c1OC. The first kappa shape index (κ1) is 25.5. The Hall–Kier alpha value is -4.78.